The van der Waals surface area contributed by atoms with Crippen LogP contribution in [-0.4, -0.2) is 44.7 Å². The summed E-state index contributed by atoms with van der Waals surface area (Å²) >= 11 is 0. The lowest BCUT2D eigenvalue weighted by Gasteiger charge is -2.26. The topological polar surface area (TPSA) is 63.7 Å². The van der Waals surface area contributed by atoms with Gasteiger partial charge in [0, 0.05) is 31.5 Å². The van der Waals surface area contributed by atoms with E-state index in [-0.39, 0.29) is 16.9 Å². The highest BCUT2D eigenvalue weighted by atomic mass is 32.2. The molecule has 1 aliphatic rings. The lowest BCUT2D eigenvalue weighted by atomic mass is 10.1. The lowest BCUT2D eigenvalue weighted by molar-refractivity contribution is 0.0507. The van der Waals surface area contributed by atoms with Gasteiger partial charge in [-0.15, -0.1) is 0 Å². The molecule has 0 aliphatic carbocycles. The largest absolute Gasteiger partial charge is 0.376 e. The van der Waals surface area contributed by atoms with Gasteiger partial charge in [0.05, 0.1) is 11.0 Å². The molecule has 5 nitrogen and oxygen atoms in total. The van der Waals surface area contributed by atoms with E-state index in [1.807, 2.05) is 30.3 Å². The van der Waals surface area contributed by atoms with Crippen LogP contribution in [0.4, 0.5) is 0 Å². The summed E-state index contributed by atoms with van der Waals surface area (Å²) in [7, 11) is -3.36. The van der Waals surface area contributed by atoms with E-state index in [9.17, 15) is 13.2 Å². The Hall–Kier alpha value is -2.18. The summed E-state index contributed by atoms with van der Waals surface area (Å²) in [5.41, 5.74) is 1.40. The summed E-state index contributed by atoms with van der Waals surface area (Å²) in [5.74, 6) is -0.185. The van der Waals surface area contributed by atoms with E-state index in [1.165, 1.54) is 12.1 Å². The van der Waals surface area contributed by atoms with Crippen molar-refractivity contribution in [1.29, 1.82) is 0 Å². The molecule has 0 bridgehead atoms. The Labute approximate surface area is 154 Å². The first kappa shape index (κ1) is 18.6. The van der Waals surface area contributed by atoms with Crippen LogP contribution in [0.1, 0.15) is 28.8 Å². The summed E-state index contributed by atoms with van der Waals surface area (Å²) in [6.45, 7) is 1.68. The number of nitrogens with zero attached hydrogens (tertiary/aromatic N) is 1. The van der Waals surface area contributed by atoms with Crippen LogP contribution in [-0.2, 0) is 21.1 Å². The van der Waals surface area contributed by atoms with Gasteiger partial charge in [-0.25, -0.2) is 8.42 Å². The molecular formula is C20H23NO4S. The van der Waals surface area contributed by atoms with Crippen LogP contribution in [0.2, 0.25) is 0 Å². The summed E-state index contributed by atoms with van der Waals surface area (Å²) in [5, 5.41) is 0. The number of ether oxygens (including phenoxy) is 1. The van der Waals surface area contributed by atoms with Crippen molar-refractivity contribution in [2.45, 2.75) is 30.4 Å². The third-order valence-corrected chi connectivity index (χ3v) is 5.57. The number of carbonyl (C=O) groups is 1. The second-order valence-corrected chi connectivity index (χ2v) is 8.62. The van der Waals surface area contributed by atoms with Gasteiger partial charge < -0.3 is 9.64 Å². The van der Waals surface area contributed by atoms with Crippen molar-refractivity contribution in [3.05, 3.63) is 65.7 Å². The van der Waals surface area contributed by atoms with Gasteiger partial charge in [-0.05, 0) is 36.6 Å². The molecule has 2 aromatic rings. The summed E-state index contributed by atoms with van der Waals surface area (Å²) in [6.07, 6.45) is 3.11. The van der Waals surface area contributed by atoms with E-state index >= 15 is 0 Å². The molecule has 6 heteroatoms. The van der Waals surface area contributed by atoms with Crippen molar-refractivity contribution in [1.82, 2.24) is 4.90 Å². The average molecular weight is 373 g/mol. The number of amides is 1. The van der Waals surface area contributed by atoms with Crippen LogP contribution in [0.25, 0.3) is 0 Å². The summed E-state index contributed by atoms with van der Waals surface area (Å²) < 4.78 is 29.3. The standard InChI is InChI=1S/C20H23NO4S/c1-26(23,24)19-11-5-9-17(13-19)20(22)21(15-18-10-6-12-25-18)14-16-7-3-2-4-8-16/h2-5,7-9,11,13,18H,6,10,12,14-15H2,1H3. The minimum absolute atomic E-state index is 0.0285. The Morgan fingerprint density at radius 3 is 2.58 bits per heavy atom. The van der Waals surface area contributed by atoms with Crippen molar-refractivity contribution in [2.75, 3.05) is 19.4 Å². The van der Waals surface area contributed by atoms with Gasteiger partial charge >= 0.3 is 0 Å². The minimum Gasteiger partial charge on any atom is -0.376 e. The highest BCUT2D eigenvalue weighted by molar-refractivity contribution is 7.90. The fourth-order valence-corrected chi connectivity index (χ4v) is 3.77. The molecule has 0 N–H and O–H groups in total. The molecule has 2 aromatic carbocycles. The molecule has 0 radical (unpaired) electrons. The maximum atomic E-state index is 13.1. The monoisotopic (exact) mass is 373 g/mol. The number of hydrogen-bond acceptors (Lipinski definition) is 4. The zero-order chi connectivity index (χ0) is 18.6. The molecule has 3 rings (SSSR count). The van der Waals surface area contributed by atoms with Gasteiger partial charge in [0.2, 0.25) is 0 Å². The molecule has 1 amide bonds. The van der Waals surface area contributed by atoms with Crippen molar-refractivity contribution < 1.29 is 17.9 Å². The first-order valence-electron chi connectivity index (χ1n) is 8.68. The highest BCUT2D eigenvalue weighted by Gasteiger charge is 2.24. The van der Waals surface area contributed by atoms with Crippen molar-refractivity contribution in [2.24, 2.45) is 0 Å². The van der Waals surface area contributed by atoms with E-state index in [0.717, 1.165) is 31.3 Å². The maximum absolute atomic E-state index is 13.1. The van der Waals surface area contributed by atoms with E-state index in [0.29, 0.717) is 18.7 Å². The molecule has 1 heterocycles. The second kappa shape index (κ2) is 8.01. The zero-order valence-electron chi connectivity index (χ0n) is 14.8. The van der Waals surface area contributed by atoms with E-state index < -0.39 is 9.84 Å². The fraction of sp³-hybridized carbons (Fsp3) is 0.350. The van der Waals surface area contributed by atoms with Gasteiger partial charge in [-0.1, -0.05) is 36.4 Å². The predicted octanol–water partition coefficient (Wildman–Crippen LogP) is 2.91. The van der Waals surface area contributed by atoms with Crippen molar-refractivity contribution >= 4 is 15.7 Å². The normalized spacial score (nSPS) is 17.2. The van der Waals surface area contributed by atoms with Crippen LogP contribution in [0.3, 0.4) is 0 Å². The van der Waals surface area contributed by atoms with Crippen LogP contribution >= 0.6 is 0 Å². The molecule has 1 saturated heterocycles. The smallest absolute Gasteiger partial charge is 0.254 e. The first-order chi connectivity index (χ1) is 12.4. The average Bonchev–Trinajstić information content (AvgIpc) is 3.14. The van der Waals surface area contributed by atoms with Gasteiger partial charge in [0.25, 0.3) is 5.91 Å². The van der Waals surface area contributed by atoms with Gasteiger partial charge in [0.15, 0.2) is 9.84 Å². The van der Waals surface area contributed by atoms with Gasteiger partial charge in [-0.2, -0.15) is 0 Å². The third-order valence-electron chi connectivity index (χ3n) is 4.46. The molecule has 1 atom stereocenters. The maximum Gasteiger partial charge on any atom is 0.254 e. The zero-order valence-corrected chi connectivity index (χ0v) is 15.6. The number of sulfone groups is 1. The number of hydrogen-bond donors (Lipinski definition) is 0. The van der Waals surface area contributed by atoms with Gasteiger partial charge in [-0.3, -0.25) is 4.79 Å². The van der Waals surface area contributed by atoms with Crippen LogP contribution in [0, 0.1) is 0 Å². The van der Waals surface area contributed by atoms with E-state index in [1.54, 1.807) is 17.0 Å². The second-order valence-electron chi connectivity index (χ2n) is 6.61. The molecule has 0 saturated carbocycles. The summed E-state index contributed by atoms with van der Waals surface area (Å²) in [6, 6.07) is 16.0. The fourth-order valence-electron chi connectivity index (χ4n) is 3.10. The van der Waals surface area contributed by atoms with Crippen LogP contribution in [0.5, 0.6) is 0 Å². The van der Waals surface area contributed by atoms with Crippen LogP contribution < -0.4 is 0 Å². The Morgan fingerprint density at radius 1 is 1.15 bits per heavy atom. The van der Waals surface area contributed by atoms with E-state index in [2.05, 4.69) is 0 Å². The van der Waals surface area contributed by atoms with Crippen molar-refractivity contribution in [3.63, 3.8) is 0 Å². The molecule has 1 unspecified atom stereocenters. The quantitative estimate of drug-likeness (QED) is 0.781. The summed E-state index contributed by atoms with van der Waals surface area (Å²) in [4.78, 5) is 15.0. The Morgan fingerprint density at radius 2 is 1.92 bits per heavy atom. The van der Waals surface area contributed by atoms with E-state index in [4.69, 9.17) is 4.74 Å². The number of benzene rings is 2. The van der Waals surface area contributed by atoms with Crippen LogP contribution in [0.15, 0.2) is 59.5 Å². The van der Waals surface area contributed by atoms with Gasteiger partial charge in [0.1, 0.15) is 0 Å². The third kappa shape index (κ3) is 4.71. The molecule has 1 aliphatic heterocycles. The highest BCUT2D eigenvalue weighted by Crippen LogP contribution is 2.19. The minimum atomic E-state index is -3.36. The Bertz CT molecular complexity index is 858. The lowest BCUT2D eigenvalue weighted by Crippen LogP contribution is -2.37. The Balaban J connectivity index is 1.86. The Kier molecular flexibility index (Phi) is 5.74. The van der Waals surface area contributed by atoms with Crippen molar-refractivity contribution in [3.8, 4) is 0 Å². The first-order valence-corrected chi connectivity index (χ1v) is 10.6. The molecule has 0 spiro atoms. The number of carbonyl (C=O) groups excluding carboxylic acids is 1. The molecule has 0 aromatic heterocycles. The molecular weight excluding hydrogens is 350 g/mol. The molecule has 26 heavy (non-hydrogen) atoms. The SMILES string of the molecule is CS(=O)(=O)c1cccc(C(=O)N(Cc2ccccc2)CC2CCCO2)c1. The molecule has 138 valence electrons. The number of rotatable bonds is 6. The molecule has 1 fully saturated rings. The predicted molar refractivity (Wildman–Crippen MR) is 99.7 cm³/mol.